The smallest absolute Gasteiger partial charge is 0.319 e. The third-order valence-electron chi connectivity index (χ3n) is 5.84. The molecule has 0 aromatic rings. The number of carbonyl (C=O) groups is 2. The van der Waals surface area contributed by atoms with Crippen molar-refractivity contribution in [1.82, 2.24) is 20.0 Å². The first-order valence-electron chi connectivity index (χ1n) is 9.87. The van der Waals surface area contributed by atoms with Crippen molar-refractivity contribution in [3.8, 4) is 0 Å². The summed E-state index contributed by atoms with van der Waals surface area (Å²) in [5.74, 6) is 0.0160. The van der Waals surface area contributed by atoms with Crippen LogP contribution >= 0.6 is 0 Å². The predicted octanol–water partition coefficient (Wildman–Crippen LogP) is 1.76. The summed E-state index contributed by atoms with van der Waals surface area (Å²) >= 11 is 0. The summed E-state index contributed by atoms with van der Waals surface area (Å²) in [5, 5.41) is 3.09. The van der Waals surface area contributed by atoms with Gasteiger partial charge in [-0.2, -0.15) is 0 Å². The average Bonchev–Trinajstić information content (AvgIpc) is 3.17. The highest BCUT2D eigenvalue weighted by atomic mass is 19.3. The van der Waals surface area contributed by atoms with E-state index < -0.39 is 6.43 Å². The second kappa shape index (κ2) is 8.97. The summed E-state index contributed by atoms with van der Waals surface area (Å²) in [5.41, 5.74) is 0. The lowest BCUT2D eigenvalue weighted by Gasteiger charge is -2.36. The van der Waals surface area contributed by atoms with E-state index in [1.54, 1.807) is 4.90 Å². The van der Waals surface area contributed by atoms with Gasteiger partial charge in [0.25, 0.3) is 6.43 Å². The first-order chi connectivity index (χ1) is 12.5. The van der Waals surface area contributed by atoms with Crippen LogP contribution in [0.5, 0.6) is 0 Å². The lowest BCUT2D eigenvalue weighted by molar-refractivity contribution is -0.127. The summed E-state index contributed by atoms with van der Waals surface area (Å²) in [6.07, 6.45) is 2.73. The van der Waals surface area contributed by atoms with Gasteiger partial charge in [0.2, 0.25) is 5.91 Å². The molecule has 3 saturated heterocycles. The van der Waals surface area contributed by atoms with E-state index in [1.165, 1.54) is 0 Å². The molecule has 148 valence electrons. The maximum atomic E-state index is 12.5. The van der Waals surface area contributed by atoms with Gasteiger partial charge < -0.3 is 15.1 Å². The average molecular weight is 372 g/mol. The minimum absolute atomic E-state index is 0.0447. The largest absolute Gasteiger partial charge is 0.353 e. The zero-order valence-electron chi connectivity index (χ0n) is 15.3. The topological polar surface area (TPSA) is 55.9 Å². The lowest BCUT2D eigenvalue weighted by atomic mass is 9.95. The summed E-state index contributed by atoms with van der Waals surface area (Å²) < 4.78 is 24.8. The van der Waals surface area contributed by atoms with Crippen LogP contribution in [0.2, 0.25) is 0 Å². The Labute approximate surface area is 153 Å². The van der Waals surface area contributed by atoms with Crippen LogP contribution in [-0.2, 0) is 4.79 Å². The highest BCUT2D eigenvalue weighted by molar-refractivity contribution is 5.80. The maximum absolute atomic E-state index is 12.5. The van der Waals surface area contributed by atoms with Crippen LogP contribution < -0.4 is 5.32 Å². The van der Waals surface area contributed by atoms with E-state index in [-0.39, 0.29) is 30.4 Å². The number of rotatable bonds is 4. The number of nitrogens with one attached hydrogen (secondary N) is 1. The molecule has 26 heavy (non-hydrogen) atoms. The fraction of sp³-hybridized carbons (Fsp3) is 0.889. The zero-order chi connectivity index (χ0) is 18.5. The van der Waals surface area contributed by atoms with Gasteiger partial charge in [-0.25, -0.2) is 13.6 Å². The van der Waals surface area contributed by atoms with Crippen LogP contribution in [0, 0.1) is 5.92 Å². The Morgan fingerprint density at radius 3 is 2.04 bits per heavy atom. The SMILES string of the molecule is O=C(NC1CCN(CC(F)F)CC1)C1CCN(C(=O)N2CCCC2)CC1. The maximum Gasteiger partial charge on any atom is 0.319 e. The van der Waals surface area contributed by atoms with E-state index in [1.807, 2.05) is 9.80 Å². The standard InChI is InChI=1S/C18H30F2N4O2/c19-16(20)13-22-9-5-15(6-10-22)21-17(25)14-3-11-24(12-4-14)18(26)23-7-1-2-8-23/h14-16H,1-13H2,(H,21,25). The number of piperidine rings is 2. The van der Waals surface area contributed by atoms with Gasteiger partial charge in [0.15, 0.2) is 0 Å². The first kappa shape index (κ1) is 19.3. The Morgan fingerprint density at radius 1 is 0.885 bits per heavy atom. The molecular formula is C18H30F2N4O2. The van der Waals surface area contributed by atoms with E-state index in [0.717, 1.165) is 38.8 Å². The second-order valence-corrected chi connectivity index (χ2v) is 7.71. The van der Waals surface area contributed by atoms with Gasteiger partial charge in [0, 0.05) is 51.2 Å². The second-order valence-electron chi connectivity index (χ2n) is 7.71. The summed E-state index contributed by atoms with van der Waals surface area (Å²) in [4.78, 5) is 30.4. The van der Waals surface area contributed by atoms with Crippen molar-refractivity contribution in [3.05, 3.63) is 0 Å². The molecule has 3 aliphatic heterocycles. The van der Waals surface area contributed by atoms with Crippen molar-refractivity contribution < 1.29 is 18.4 Å². The van der Waals surface area contributed by atoms with E-state index in [9.17, 15) is 18.4 Å². The minimum Gasteiger partial charge on any atom is -0.353 e. The van der Waals surface area contributed by atoms with Crippen LogP contribution in [0.4, 0.5) is 13.6 Å². The monoisotopic (exact) mass is 372 g/mol. The van der Waals surface area contributed by atoms with Gasteiger partial charge in [-0.05, 0) is 38.5 Å². The number of nitrogens with zero attached hydrogens (tertiary/aromatic N) is 3. The van der Waals surface area contributed by atoms with Gasteiger partial charge in [-0.15, -0.1) is 0 Å². The van der Waals surface area contributed by atoms with Gasteiger partial charge in [-0.3, -0.25) is 9.69 Å². The number of alkyl halides is 2. The third-order valence-corrected chi connectivity index (χ3v) is 5.84. The fourth-order valence-electron chi connectivity index (χ4n) is 4.22. The van der Waals surface area contributed by atoms with Crippen molar-refractivity contribution in [2.45, 2.75) is 51.0 Å². The molecule has 0 spiro atoms. The molecule has 0 aromatic heterocycles. The van der Waals surface area contributed by atoms with E-state index in [2.05, 4.69) is 5.32 Å². The molecule has 0 radical (unpaired) electrons. The molecule has 0 unspecified atom stereocenters. The molecule has 0 saturated carbocycles. The Bertz CT molecular complexity index is 484. The molecular weight excluding hydrogens is 342 g/mol. The molecule has 0 aliphatic carbocycles. The number of urea groups is 1. The first-order valence-corrected chi connectivity index (χ1v) is 9.87. The van der Waals surface area contributed by atoms with E-state index >= 15 is 0 Å². The number of likely N-dealkylation sites (tertiary alicyclic amines) is 3. The van der Waals surface area contributed by atoms with Crippen LogP contribution in [0.15, 0.2) is 0 Å². The Kier molecular flexibility index (Phi) is 6.67. The number of amides is 3. The molecule has 0 bridgehead atoms. The van der Waals surface area contributed by atoms with Crippen LogP contribution in [0.25, 0.3) is 0 Å². The van der Waals surface area contributed by atoms with Crippen LogP contribution in [-0.4, -0.2) is 84.9 Å². The molecule has 8 heteroatoms. The molecule has 3 rings (SSSR count). The molecule has 6 nitrogen and oxygen atoms in total. The van der Waals surface area contributed by atoms with Gasteiger partial charge in [-0.1, -0.05) is 0 Å². The fourth-order valence-corrected chi connectivity index (χ4v) is 4.22. The van der Waals surface area contributed by atoms with Crippen LogP contribution in [0.1, 0.15) is 38.5 Å². The zero-order valence-corrected chi connectivity index (χ0v) is 15.3. The predicted molar refractivity (Wildman–Crippen MR) is 94.1 cm³/mol. The number of hydrogen-bond donors (Lipinski definition) is 1. The van der Waals surface area contributed by atoms with Crippen molar-refractivity contribution in [2.75, 3.05) is 45.8 Å². The molecule has 0 aromatic carbocycles. The Morgan fingerprint density at radius 2 is 1.46 bits per heavy atom. The quantitative estimate of drug-likeness (QED) is 0.818. The molecule has 3 aliphatic rings. The number of carbonyl (C=O) groups excluding carboxylic acids is 2. The highest BCUT2D eigenvalue weighted by Gasteiger charge is 2.31. The molecule has 0 atom stereocenters. The van der Waals surface area contributed by atoms with Crippen molar-refractivity contribution in [3.63, 3.8) is 0 Å². The van der Waals surface area contributed by atoms with Crippen molar-refractivity contribution in [2.24, 2.45) is 5.92 Å². The Hall–Kier alpha value is -1.44. The van der Waals surface area contributed by atoms with Crippen molar-refractivity contribution in [1.29, 1.82) is 0 Å². The van der Waals surface area contributed by atoms with Crippen LogP contribution in [0.3, 0.4) is 0 Å². The summed E-state index contributed by atoms with van der Waals surface area (Å²) in [6.45, 7) is 4.02. The highest BCUT2D eigenvalue weighted by Crippen LogP contribution is 2.21. The molecule has 3 heterocycles. The lowest BCUT2D eigenvalue weighted by Crippen LogP contribution is -2.50. The van der Waals surface area contributed by atoms with Gasteiger partial charge in [0.1, 0.15) is 0 Å². The van der Waals surface area contributed by atoms with Crippen molar-refractivity contribution >= 4 is 11.9 Å². The third kappa shape index (κ3) is 5.05. The Balaban J connectivity index is 1.37. The number of hydrogen-bond acceptors (Lipinski definition) is 3. The molecule has 3 amide bonds. The van der Waals surface area contributed by atoms with Gasteiger partial charge >= 0.3 is 6.03 Å². The summed E-state index contributed by atoms with van der Waals surface area (Å²) in [7, 11) is 0. The minimum atomic E-state index is -2.30. The van der Waals surface area contributed by atoms with E-state index in [4.69, 9.17) is 0 Å². The molecule has 1 N–H and O–H groups in total. The van der Waals surface area contributed by atoms with E-state index in [0.29, 0.717) is 39.0 Å². The number of halogens is 2. The normalized spacial score (nSPS) is 23.7. The summed E-state index contributed by atoms with van der Waals surface area (Å²) in [6, 6.07) is 0.202. The molecule has 3 fully saturated rings. The van der Waals surface area contributed by atoms with Gasteiger partial charge in [0.05, 0.1) is 6.54 Å².